The Morgan fingerprint density at radius 3 is 2.64 bits per heavy atom. The van der Waals surface area contributed by atoms with Gasteiger partial charge < -0.3 is 5.32 Å². The second-order valence-corrected chi connectivity index (χ2v) is 6.90. The Morgan fingerprint density at radius 1 is 1.44 bits per heavy atom. The lowest BCUT2D eigenvalue weighted by Gasteiger charge is -2.08. The van der Waals surface area contributed by atoms with Gasteiger partial charge >= 0.3 is 6.18 Å². The van der Waals surface area contributed by atoms with E-state index in [1.165, 1.54) is 10.9 Å². The van der Waals surface area contributed by atoms with Crippen LogP contribution in [0.5, 0.6) is 0 Å². The first-order chi connectivity index (χ1) is 11.7. The molecule has 25 heavy (non-hydrogen) atoms. The molecule has 0 unspecified atom stereocenters. The van der Waals surface area contributed by atoms with Gasteiger partial charge in [-0.1, -0.05) is 0 Å². The largest absolute Gasteiger partial charge is 0.436 e. The summed E-state index contributed by atoms with van der Waals surface area (Å²) in [6.07, 6.45) is -1.29. The SMILES string of the molecule is Cc1c(NC(=O)CCn2nc(C(F)(F)F)c(Br)c2C2CC2)cnn1C. The highest BCUT2D eigenvalue weighted by atomic mass is 79.9. The molecule has 0 aromatic carbocycles. The zero-order valence-electron chi connectivity index (χ0n) is 13.7. The van der Waals surface area contributed by atoms with Crippen molar-refractivity contribution in [3.63, 3.8) is 0 Å². The molecular weight excluding hydrogens is 403 g/mol. The molecule has 1 saturated carbocycles. The van der Waals surface area contributed by atoms with Crippen LogP contribution in [0.3, 0.4) is 0 Å². The predicted molar refractivity (Wildman–Crippen MR) is 88.1 cm³/mol. The normalized spacial score (nSPS) is 14.8. The average Bonchev–Trinajstić information content (AvgIpc) is 3.23. The highest BCUT2D eigenvalue weighted by Crippen LogP contribution is 2.47. The molecule has 0 saturated heterocycles. The van der Waals surface area contributed by atoms with E-state index in [1.54, 1.807) is 11.7 Å². The minimum absolute atomic E-state index is 0.00832. The number of anilines is 1. The Morgan fingerprint density at radius 2 is 2.12 bits per heavy atom. The summed E-state index contributed by atoms with van der Waals surface area (Å²) in [6.45, 7) is 1.90. The maximum Gasteiger partial charge on any atom is 0.436 e. The van der Waals surface area contributed by atoms with Crippen molar-refractivity contribution < 1.29 is 18.0 Å². The number of amides is 1. The molecule has 2 aromatic heterocycles. The summed E-state index contributed by atoms with van der Waals surface area (Å²) in [4.78, 5) is 12.1. The van der Waals surface area contributed by atoms with Gasteiger partial charge in [-0.25, -0.2) is 0 Å². The molecule has 2 aromatic rings. The average molecular weight is 420 g/mol. The number of carbonyl (C=O) groups is 1. The van der Waals surface area contributed by atoms with E-state index in [4.69, 9.17) is 0 Å². The minimum atomic E-state index is -4.52. The van der Waals surface area contributed by atoms with Crippen LogP contribution in [0.25, 0.3) is 0 Å². The highest BCUT2D eigenvalue weighted by Gasteiger charge is 2.41. The van der Waals surface area contributed by atoms with Crippen LogP contribution in [0.15, 0.2) is 10.7 Å². The van der Waals surface area contributed by atoms with Crippen LogP contribution in [0.1, 0.15) is 42.3 Å². The molecule has 0 bridgehead atoms. The van der Waals surface area contributed by atoms with Gasteiger partial charge in [0.2, 0.25) is 5.91 Å². The van der Waals surface area contributed by atoms with Gasteiger partial charge in [0.1, 0.15) is 0 Å². The maximum atomic E-state index is 13.1. The fourth-order valence-corrected chi connectivity index (χ4v) is 3.43. The quantitative estimate of drug-likeness (QED) is 0.804. The Balaban J connectivity index is 1.72. The van der Waals surface area contributed by atoms with Crippen molar-refractivity contribution in [1.29, 1.82) is 0 Å². The molecule has 10 heteroatoms. The molecule has 6 nitrogen and oxygen atoms in total. The molecule has 1 amide bonds. The van der Waals surface area contributed by atoms with Crippen molar-refractivity contribution in [3.8, 4) is 0 Å². The van der Waals surface area contributed by atoms with Gasteiger partial charge in [-0.15, -0.1) is 0 Å². The number of nitrogens with zero attached hydrogens (tertiary/aromatic N) is 4. The van der Waals surface area contributed by atoms with Crippen LogP contribution in [0.2, 0.25) is 0 Å². The van der Waals surface area contributed by atoms with E-state index in [9.17, 15) is 18.0 Å². The van der Waals surface area contributed by atoms with E-state index < -0.39 is 11.9 Å². The predicted octanol–water partition coefficient (Wildman–Crippen LogP) is 3.61. The Kier molecular flexibility index (Phi) is 4.65. The van der Waals surface area contributed by atoms with E-state index in [2.05, 4.69) is 31.4 Å². The standard InChI is InChI=1S/C15H17BrF3N5O/c1-8-10(7-20-23(8)2)21-11(25)5-6-24-13(9-3-4-9)12(16)14(22-24)15(17,18)19/h7,9H,3-6H2,1-2H3,(H,21,25). The van der Waals surface area contributed by atoms with Crippen molar-refractivity contribution in [2.24, 2.45) is 7.05 Å². The van der Waals surface area contributed by atoms with Gasteiger partial charge in [-0.3, -0.25) is 14.2 Å². The van der Waals surface area contributed by atoms with Crippen LogP contribution in [-0.4, -0.2) is 25.5 Å². The lowest BCUT2D eigenvalue weighted by molar-refractivity contribution is -0.142. The van der Waals surface area contributed by atoms with E-state index in [0.29, 0.717) is 11.4 Å². The number of aromatic nitrogens is 4. The number of rotatable bonds is 5. The molecular formula is C15H17BrF3N5O. The minimum Gasteiger partial charge on any atom is -0.323 e. The molecule has 0 radical (unpaired) electrons. The summed E-state index contributed by atoms with van der Waals surface area (Å²) in [5.41, 5.74) is 0.983. The summed E-state index contributed by atoms with van der Waals surface area (Å²) in [6, 6.07) is 0. The maximum absolute atomic E-state index is 13.1. The number of hydrogen-bond donors (Lipinski definition) is 1. The zero-order valence-corrected chi connectivity index (χ0v) is 15.3. The molecule has 1 fully saturated rings. The van der Waals surface area contributed by atoms with Gasteiger partial charge in [0.05, 0.1) is 34.3 Å². The van der Waals surface area contributed by atoms with Crippen molar-refractivity contribution in [3.05, 3.63) is 27.8 Å². The second kappa shape index (κ2) is 6.47. The third-order valence-corrected chi connectivity index (χ3v) is 5.01. The monoisotopic (exact) mass is 419 g/mol. The van der Waals surface area contributed by atoms with Crippen LogP contribution < -0.4 is 5.32 Å². The van der Waals surface area contributed by atoms with Crippen molar-refractivity contribution >= 4 is 27.5 Å². The third kappa shape index (κ3) is 3.73. The Bertz CT molecular complexity index is 807. The smallest absolute Gasteiger partial charge is 0.323 e. The summed E-state index contributed by atoms with van der Waals surface area (Å²) in [5.74, 6) is -0.223. The van der Waals surface area contributed by atoms with Crippen molar-refractivity contribution in [2.75, 3.05) is 5.32 Å². The highest BCUT2D eigenvalue weighted by molar-refractivity contribution is 9.10. The molecule has 1 aliphatic rings. The summed E-state index contributed by atoms with van der Waals surface area (Å²) in [5, 5.41) is 10.4. The molecule has 0 atom stereocenters. The Hall–Kier alpha value is -1.84. The number of alkyl halides is 3. The molecule has 0 spiro atoms. The number of hydrogen-bond acceptors (Lipinski definition) is 3. The van der Waals surface area contributed by atoms with Gasteiger partial charge in [0, 0.05) is 19.4 Å². The lowest BCUT2D eigenvalue weighted by Crippen LogP contribution is -2.17. The van der Waals surface area contributed by atoms with Gasteiger partial charge in [-0.2, -0.15) is 23.4 Å². The summed E-state index contributed by atoms with van der Waals surface area (Å²) < 4.78 is 42.1. The molecule has 1 N–H and O–H groups in total. The molecule has 2 heterocycles. The Labute approximate surface area is 150 Å². The number of halogens is 4. The first-order valence-corrected chi connectivity index (χ1v) is 8.59. The second-order valence-electron chi connectivity index (χ2n) is 6.11. The van der Waals surface area contributed by atoms with Crippen LogP contribution in [-0.2, 0) is 24.6 Å². The first kappa shape index (κ1) is 18.0. The van der Waals surface area contributed by atoms with Crippen LogP contribution in [0, 0.1) is 6.92 Å². The molecule has 3 rings (SSSR count). The number of aryl methyl sites for hydroxylation is 2. The van der Waals surface area contributed by atoms with E-state index >= 15 is 0 Å². The topological polar surface area (TPSA) is 64.7 Å². The number of carbonyl (C=O) groups excluding carboxylic acids is 1. The van der Waals surface area contributed by atoms with Gasteiger partial charge in [0.25, 0.3) is 0 Å². The fourth-order valence-electron chi connectivity index (χ4n) is 2.59. The number of nitrogens with one attached hydrogen (secondary N) is 1. The van der Waals surface area contributed by atoms with Crippen molar-refractivity contribution in [1.82, 2.24) is 19.6 Å². The molecule has 0 aliphatic heterocycles. The van der Waals surface area contributed by atoms with Crippen LogP contribution in [0.4, 0.5) is 18.9 Å². The zero-order chi connectivity index (χ0) is 18.4. The first-order valence-electron chi connectivity index (χ1n) is 7.80. The van der Waals surface area contributed by atoms with Gasteiger partial charge in [0.15, 0.2) is 5.69 Å². The van der Waals surface area contributed by atoms with Gasteiger partial charge in [-0.05, 0) is 35.7 Å². The van der Waals surface area contributed by atoms with E-state index in [0.717, 1.165) is 18.5 Å². The fraction of sp³-hybridized carbons (Fsp3) is 0.533. The van der Waals surface area contributed by atoms with E-state index in [1.807, 2.05) is 6.92 Å². The molecule has 1 aliphatic carbocycles. The van der Waals surface area contributed by atoms with Crippen LogP contribution >= 0.6 is 15.9 Å². The molecule has 136 valence electrons. The lowest BCUT2D eigenvalue weighted by atomic mass is 10.2. The summed E-state index contributed by atoms with van der Waals surface area (Å²) >= 11 is 3.04. The third-order valence-electron chi connectivity index (χ3n) is 4.22. The van der Waals surface area contributed by atoms with Crippen molar-refractivity contribution in [2.45, 2.75) is 44.8 Å². The van der Waals surface area contributed by atoms with E-state index in [-0.39, 0.29) is 29.3 Å². The summed E-state index contributed by atoms with van der Waals surface area (Å²) in [7, 11) is 1.76.